The van der Waals surface area contributed by atoms with Crippen LogP contribution < -0.4 is 0 Å². The van der Waals surface area contributed by atoms with Gasteiger partial charge in [-0.1, -0.05) is 13.8 Å². The minimum Gasteiger partial charge on any atom is -0.469 e. The Kier molecular flexibility index (Phi) is 4.86. The van der Waals surface area contributed by atoms with Gasteiger partial charge in [-0.15, -0.1) is 0 Å². The molecule has 4 aliphatic rings. The number of Topliss-reactive ketones (excluding diaryl/α,β-unsaturated/α-hetero) is 1. The fraction of sp³-hybridized carbons (Fsp3) is 0.870. The Labute approximate surface area is 167 Å². The number of esters is 2. The predicted molar refractivity (Wildman–Crippen MR) is 103 cm³/mol. The summed E-state index contributed by atoms with van der Waals surface area (Å²) in [6.07, 6.45) is 7.23. The standard InChI is InChI=1S/C23H34O5/c1-13(24)28-15-9-10-22(2)14(11-15)5-6-16-17-7-8-18(21(26)27-4)23(17,3)12-19(25)20(16)22/h14-18,20H,5-12H2,1-4H3/t14-,15+,16+,17+,18-,20-,22-,23+/m0/s1. The lowest BCUT2D eigenvalue weighted by Crippen LogP contribution is -2.58. The Hall–Kier alpha value is -1.39. The molecular formula is C23H34O5. The highest BCUT2D eigenvalue weighted by Crippen LogP contribution is 2.66. The first-order valence-corrected chi connectivity index (χ1v) is 11.0. The van der Waals surface area contributed by atoms with Crippen molar-refractivity contribution in [2.75, 3.05) is 7.11 Å². The zero-order valence-corrected chi connectivity index (χ0v) is 17.7. The quantitative estimate of drug-likeness (QED) is 0.668. The summed E-state index contributed by atoms with van der Waals surface area (Å²) in [5, 5.41) is 0. The molecule has 0 N–H and O–H groups in total. The van der Waals surface area contributed by atoms with E-state index in [0.29, 0.717) is 30.0 Å². The first-order valence-electron chi connectivity index (χ1n) is 11.0. The summed E-state index contributed by atoms with van der Waals surface area (Å²) in [6, 6.07) is 0. The van der Waals surface area contributed by atoms with E-state index in [1.54, 1.807) is 0 Å². The Balaban J connectivity index is 1.59. The molecule has 4 fully saturated rings. The first kappa shape index (κ1) is 19.9. The molecule has 0 aromatic carbocycles. The van der Waals surface area contributed by atoms with Crippen LogP contribution in [0.4, 0.5) is 0 Å². The molecule has 0 radical (unpaired) electrons. The van der Waals surface area contributed by atoms with Gasteiger partial charge in [0.15, 0.2) is 0 Å². The maximum atomic E-state index is 13.5. The number of ketones is 1. The molecule has 5 nitrogen and oxygen atoms in total. The molecule has 0 unspecified atom stereocenters. The van der Waals surface area contributed by atoms with Crippen molar-refractivity contribution in [2.45, 2.75) is 78.2 Å². The molecule has 0 heterocycles. The zero-order valence-electron chi connectivity index (χ0n) is 17.7. The first-order chi connectivity index (χ1) is 13.2. The van der Waals surface area contributed by atoms with Crippen molar-refractivity contribution in [1.82, 2.24) is 0 Å². The van der Waals surface area contributed by atoms with Gasteiger partial charge in [0.2, 0.25) is 0 Å². The number of hydrogen-bond acceptors (Lipinski definition) is 5. The van der Waals surface area contributed by atoms with E-state index in [9.17, 15) is 14.4 Å². The van der Waals surface area contributed by atoms with Crippen molar-refractivity contribution in [3.63, 3.8) is 0 Å². The Morgan fingerprint density at radius 1 is 1.04 bits per heavy atom. The molecule has 0 saturated heterocycles. The minimum atomic E-state index is -0.247. The summed E-state index contributed by atoms with van der Waals surface area (Å²) < 4.78 is 10.6. The highest BCUT2D eigenvalue weighted by molar-refractivity contribution is 5.86. The van der Waals surface area contributed by atoms with Crippen molar-refractivity contribution >= 4 is 17.7 Å². The summed E-state index contributed by atoms with van der Waals surface area (Å²) in [5.74, 6) is 1.23. The zero-order chi connectivity index (χ0) is 20.3. The SMILES string of the molecule is COC(=O)[C@@H]1CC[C@@H]2[C@H]3CC[C@H]4C[C@H](OC(C)=O)CC[C@]4(C)[C@@H]3C(=O)C[C@]21C. The van der Waals surface area contributed by atoms with Crippen LogP contribution in [-0.2, 0) is 23.9 Å². The summed E-state index contributed by atoms with van der Waals surface area (Å²) in [5.41, 5.74) is -0.245. The fourth-order valence-corrected chi connectivity index (χ4v) is 7.90. The molecule has 0 aromatic rings. The van der Waals surface area contributed by atoms with Crippen molar-refractivity contribution in [1.29, 1.82) is 0 Å². The van der Waals surface area contributed by atoms with Gasteiger partial charge in [-0.25, -0.2) is 0 Å². The molecule has 28 heavy (non-hydrogen) atoms. The van der Waals surface area contributed by atoms with Crippen LogP contribution in [0.5, 0.6) is 0 Å². The second-order valence-corrected chi connectivity index (χ2v) is 10.3. The Bertz CT molecular complexity index is 686. The number of carbonyl (C=O) groups is 3. The van der Waals surface area contributed by atoms with Gasteiger partial charge >= 0.3 is 11.9 Å². The van der Waals surface area contributed by atoms with E-state index < -0.39 is 0 Å². The monoisotopic (exact) mass is 390 g/mol. The lowest BCUT2D eigenvalue weighted by molar-refractivity contribution is -0.172. The summed E-state index contributed by atoms with van der Waals surface area (Å²) >= 11 is 0. The van der Waals surface area contributed by atoms with E-state index in [1.165, 1.54) is 14.0 Å². The van der Waals surface area contributed by atoms with Gasteiger partial charge in [-0.05, 0) is 73.5 Å². The van der Waals surface area contributed by atoms with Crippen LogP contribution in [0.3, 0.4) is 0 Å². The molecule has 0 spiro atoms. The molecule has 4 rings (SSSR count). The Morgan fingerprint density at radius 3 is 2.46 bits per heavy atom. The normalized spacial score (nSPS) is 47.5. The van der Waals surface area contributed by atoms with Gasteiger partial charge in [0.25, 0.3) is 0 Å². The third-order valence-corrected chi connectivity index (χ3v) is 9.12. The third-order valence-electron chi connectivity index (χ3n) is 9.12. The minimum absolute atomic E-state index is 0.00132. The van der Waals surface area contributed by atoms with E-state index in [2.05, 4.69) is 13.8 Å². The number of rotatable bonds is 2. The average molecular weight is 391 g/mol. The van der Waals surface area contributed by atoms with Crippen LogP contribution in [0, 0.1) is 40.4 Å². The van der Waals surface area contributed by atoms with Gasteiger partial charge in [0.1, 0.15) is 11.9 Å². The van der Waals surface area contributed by atoms with E-state index in [-0.39, 0.29) is 40.7 Å². The van der Waals surface area contributed by atoms with Crippen LogP contribution >= 0.6 is 0 Å². The maximum absolute atomic E-state index is 13.5. The van der Waals surface area contributed by atoms with Gasteiger partial charge < -0.3 is 9.47 Å². The van der Waals surface area contributed by atoms with Gasteiger partial charge in [-0.3, -0.25) is 14.4 Å². The van der Waals surface area contributed by atoms with Crippen LogP contribution in [-0.4, -0.2) is 30.9 Å². The van der Waals surface area contributed by atoms with Crippen LogP contribution in [0.15, 0.2) is 0 Å². The largest absolute Gasteiger partial charge is 0.469 e. The van der Waals surface area contributed by atoms with Gasteiger partial charge in [0, 0.05) is 19.3 Å². The van der Waals surface area contributed by atoms with Crippen molar-refractivity contribution in [3.05, 3.63) is 0 Å². The summed E-state index contributed by atoms with van der Waals surface area (Å²) in [6.45, 7) is 5.95. The molecule has 156 valence electrons. The summed E-state index contributed by atoms with van der Waals surface area (Å²) in [7, 11) is 1.46. The number of methoxy groups -OCH3 is 1. The molecule has 0 amide bonds. The second-order valence-electron chi connectivity index (χ2n) is 10.3. The van der Waals surface area contributed by atoms with Gasteiger partial charge in [-0.2, -0.15) is 0 Å². The van der Waals surface area contributed by atoms with Crippen molar-refractivity contribution in [2.24, 2.45) is 40.4 Å². The third kappa shape index (κ3) is 2.83. The fourth-order valence-electron chi connectivity index (χ4n) is 7.90. The van der Waals surface area contributed by atoms with Crippen molar-refractivity contribution < 1.29 is 23.9 Å². The molecule has 0 aromatic heterocycles. The van der Waals surface area contributed by atoms with E-state index in [1.807, 2.05) is 0 Å². The molecule has 0 bridgehead atoms. The summed E-state index contributed by atoms with van der Waals surface area (Å²) in [4.78, 5) is 37.3. The molecule has 4 saturated carbocycles. The van der Waals surface area contributed by atoms with Crippen LogP contribution in [0.1, 0.15) is 72.1 Å². The number of ether oxygens (including phenoxy) is 2. The lowest BCUT2D eigenvalue weighted by Gasteiger charge is -2.59. The highest BCUT2D eigenvalue weighted by atomic mass is 16.5. The van der Waals surface area contributed by atoms with Gasteiger partial charge in [0.05, 0.1) is 13.0 Å². The van der Waals surface area contributed by atoms with Crippen LogP contribution in [0.2, 0.25) is 0 Å². The predicted octanol–water partition coefficient (Wildman–Crippen LogP) is 3.93. The molecule has 4 aliphatic carbocycles. The number of carbonyl (C=O) groups excluding carboxylic acids is 3. The van der Waals surface area contributed by atoms with E-state index >= 15 is 0 Å². The van der Waals surface area contributed by atoms with E-state index in [0.717, 1.165) is 44.9 Å². The van der Waals surface area contributed by atoms with Crippen molar-refractivity contribution in [3.8, 4) is 0 Å². The van der Waals surface area contributed by atoms with Crippen LogP contribution in [0.25, 0.3) is 0 Å². The smallest absolute Gasteiger partial charge is 0.309 e. The molecule has 8 atom stereocenters. The lowest BCUT2D eigenvalue weighted by atomic mass is 9.44. The highest BCUT2D eigenvalue weighted by Gasteiger charge is 2.64. The molecule has 5 heteroatoms. The maximum Gasteiger partial charge on any atom is 0.309 e. The molecular weight excluding hydrogens is 356 g/mol. The average Bonchev–Trinajstić information content (AvgIpc) is 2.97. The molecule has 0 aliphatic heterocycles. The van der Waals surface area contributed by atoms with E-state index in [4.69, 9.17) is 9.47 Å². The Morgan fingerprint density at radius 2 is 1.79 bits per heavy atom. The number of hydrogen-bond donors (Lipinski definition) is 0. The topological polar surface area (TPSA) is 69.7 Å². The second kappa shape index (κ2) is 6.84. The number of fused-ring (bicyclic) bond motifs is 5.